The molecule has 0 aliphatic carbocycles. The molecule has 1 aromatic heterocycles. The van der Waals surface area contributed by atoms with Crippen molar-refractivity contribution in [3.63, 3.8) is 0 Å². The molecule has 1 aliphatic rings. The Morgan fingerprint density at radius 3 is 2.15 bits per heavy atom. The Bertz CT molecular complexity index is 1210. The molecule has 0 saturated carbocycles. The molecule has 2 heterocycles. The Kier molecular flexibility index (Phi) is 6.05. The van der Waals surface area contributed by atoms with E-state index >= 15 is 0 Å². The summed E-state index contributed by atoms with van der Waals surface area (Å²) in [6, 6.07) is 29.5. The summed E-state index contributed by atoms with van der Waals surface area (Å²) in [6.07, 6.45) is 0.817. The van der Waals surface area contributed by atoms with E-state index in [0.29, 0.717) is 13.1 Å². The Morgan fingerprint density at radius 1 is 0.818 bits per heavy atom. The lowest BCUT2D eigenvalue weighted by Gasteiger charge is -2.29. The van der Waals surface area contributed by atoms with Crippen molar-refractivity contribution in [3.8, 4) is 0 Å². The van der Waals surface area contributed by atoms with E-state index in [1.54, 1.807) is 0 Å². The number of thiophene rings is 1. The Morgan fingerprint density at radius 2 is 1.52 bits per heavy atom. The maximum Gasteiger partial charge on any atom is 0.264 e. The number of benzene rings is 3. The molecule has 1 N–H and O–H groups in total. The van der Waals surface area contributed by atoms with Crippen LogP contribution in [0.3, 0.4) is 0 Å². The van der Waals surface area contributed by atoms with Crippen molar-refractivity contribution in [1.29, 1.82) is 0 Å². The second-order valence-corrected chi connectivity index (χ2v) is 9.13. The first-order valence-electron chi connectivity index (χ1n) is 11.0. The number of rotatable bonds is 5. The van der Waals surface area contributed by atoms with Crippen LogP contribution in [-0.2, 0) is 17.8 Å². The van der Waals surface area contributed by atoms with Crippen LogP contribution in [0.15, 0.2) is 96.4 Å². The minimum atomic E-state index is -0.402. The van der Waals surface area contributed by atoms with Crippen molar-refractivity contribution in [2.45, 2.75) is 18.9 Å². The van der Waals surface area contributed by atoms with E-state index in [4.69, 9.17) is 0 Å². The summed E-state index contributed by atoms with van der Waals surface area (Å²) in [5.41, 5.74) is 4.96. The van der Waals surface area contributed by atoms with Gasteiger partial charge >= 0.3 is 0 Å². The van der Waals surface area contributed by atoms with Gasteiger partial charge in [0.2, 0.25) is 5.91 Å². The molecule has 4 nitrogen and oxygen atoms in total. The highest BCUT2D eigenvalue weighted by Gasteiger charge is 2.25. The predicted molar refractivity (Wildman–Crippen MR) is 133 cm³/mol. The normalized spacial score (nSPS) is 12.9. The number of carbonyl (C=O) groups excluding carboxylic acids is 2. The maximum absolute atomic E-state index is 13.4. The number of hydrogen-bond donors (Lipinski definition) is 1. The van der Waals surface area contributed by atoms with Gasteiger partial charge in [-0.2, -0.15) is 0 Å². The lowest BCUT2D eigenvalue weighted by Crippen LogP contribution is -2.35. The summed E-state index contributed by atoms with van der Waals surface area (Å²) < 4.78 is 0. The van der Waals surface area contributed by atoms with E-state index in [-0.39, 0.29) is 11.8 Å². The van der Waals surface area contributed by atoms with Crippen molar-refractivity contribution >= 4 is 28.8 Å². The monoisotopic (exact) mass is 452 g/mol. The number of carbonyl (C=O) groups is 2. The van der Waals surface area contributed by atoms with Crippen molar-refractivity contribution in [1.82, 2.24) is 4.90 Å². The smallest absolute Gasteiger partial charge is 0.264 e. The van der Waals surface area contributed by atoms with Gasteiger partial charge in [0.15, 0.2) is 0 Å². The van der Waals surface area contributed by atoms with Crippen LogP contribution in [0.5, 0.6) is 0 Å². The highest BCUT2D eigenvalue weighted by Crippen LogP contribution is 2.28. The molecular weight excluding hydrogens is 428 g/mol. The molecule has 164 valence electrons. The molecule has 0 fully saturated rings. The standard InChI is InChI=1S/C28H24N2O2S/c31-27(26(21-8-3-1-4-9-21)22-10-5-2-6-11-22)29-24-14-13-20-15-16-30(19-23(20)18-24)28(32)25-12-7-17-33-25/h1-14,17-18,26H,15-16,19H2,(H,29,31). The van der Waals surface area contributed by atoms with Gasteiger partial charge in [-0.3, -0.25) is 9.59 Å². The number of fused-ring (bicyclic) bond motifs is 1. The topological polar surface area (TPSA) is 49.4 Å². The fraction of sp³-hybridized carbons (Fsp3) is 0.143. The predicted octanol–water partition coefficient (Wildman–Crippen LogP) is 5.72. The molecule has 4 aromatic rings. The number of hydrogen-bond acceptors (Lipinski definition) is 3. The summed E-state index contributed by atoms with van der Waals surface area (Å²) in [5, 5.41) is 5.05. The average molecular weight is 453 g/mol. The van der Waals surface area contributed by atoms with E-state index in [9.17, 15) is 9.59 Å². The van der Waals surface area contributed by atoms with Crippen molar-refractivity contribution in [3.05, 3.63) is 124 Å². The summed E-state index contributed by atoms with van der Waals surface area (Å²) >= 11 is 1.47. The first kappa shape index (κ1) is 21.2. The lowest BCUT2D eigenvalue weighted by atomic mass is 9.90. The highest BCUT2D eigenvalue weighted by molar-refractivity contribution is 7.12. The largest absolute Gasteiger partial charge is 0.333 e. The van der Waals surface area contributed by atoms with Crippen molar-refractivity contribution in [2.75, 3.05) is 11.9 Å². The van der Waals surface area contributed by atoms with Gasteiger partial charge in [-0.15, -0.1) is 11.3 Å². The summed E-state index contributed by atoms with van der Waals surface area (Å²) in [7, 11) is 0. The fourth-order valence-electron chi connectivity index (χ4n) is 4.36. The molecule has 0 bridgehead atoms. The van der Waals surface area contributed by atoms with Crippen LogP contribution in [0.25, 0.3) is 0 Å². The quantitative estimate of drug-likeness (QED) is 0.421. The molecule has 0 spiro atoms. The molecule has 33 heavy (non-hydrogen) atoms. The summed E-state index contributed by atoms with van der Waals surface area (Å²) in [5.74, 6) is -0.409. The van der Waals surface area contributed by atoms with Gasteiger partial charge in [-0.05, 0) is 52.3 Å². The van der Waals surface area contributed by atoms with Crippen LogP contribution in [0, 0.1) is 0 Å². The first-order chi connectivity index (χ1) is 16.2. The molecule has 1 aliphatic heterocycles. The third-order valence-corrected chi connectivity index (χ3v) is 6.89. The van der Waals surface area contributed by atoms with E-state index in [1.165, 1.54) is 16.9 Å². The number of anilines is 1. The van der Waals surface area contributed by atoms with Crippen LogP contribution in [-0.4, -0.2) is 23.3 Å². The summed E-state index contributed by atoms with van der Waals surface area (Å²) in [6.45, 7) is 1.26. The van der Waals surface area contributed by atoms with Crippen molar-refractivity contribution in [2.24, 2.45) is 0 Å². The zero-order chi connectivity index (χ0) is 22.6. The number of nitrogens with zero attached hydrogens (tertiary/aromatic N) is 1. The van der Waals surface area contributed by atoms with Crippen LogP contribution >= 0.6 is 11.3 Å². The van der Waals surface area contributed by atoms with Gasteiger partial charge < -0.3 is 10.2 Å². The molecule has 0 atom stereocenters. The van der Waals surface area contributed by atoms with Crippen LogP contribution in [0.2, 0.25) is 0 Å². The minimum absolute atomic E-state index is 0.0679. The van der Waals surface area contributed by atoms with Crippen molar-refractivity contribution < 1.29 is 9.59 Å². The molecule has 2 amide bonds. The molecule has 0 unspecified atom stereocenters. The zero-order valence-electron chi connectivity index (χ0n) is 18.1. The Balaban J connectivity index is 1.37. The van der Waals surface area contributed by atoms with E-state index < -0.39 is 5.92 Å². The summed E-state index contributed by atoms with van der Waals surface area (Å²) in [4.78, 5) is 28.9. The van der Waals surface area contributed by atoms with Crippen LogP contribution < -0.4 is 5.32 Å². The highest BCUT2D eigenvalue weighted by atomic mass is 32.1. The maximum atomic E-state index is 13.4. The van der Waals surface area contributed by atoms with Gasteiger partial charge in [0.05, 0.1) is 10.8 Å². The molecule has 3 aromatic carbocycles. The van der Waals surface area contributed by atoms with Gasteiger partial charge in [-0.1, -0.05) is 72.8 Å². The Labute approximate surface area is 197 Å². The van der Waals surface area contributed by atoms with Crippen LogP contribution in [0.4, 0.5) is 5.69 Å². The molecule has 5 heteroatoms. The Hall–Kier alpha value is -3.70. The minimum Gasteiger partial charge on any atom is -0.333 e. The molecule has 5 rings (SSSR count). The van der Waals surface area contributed by atoms with Gasteiger partial charge in [0.25, 0.3) is 5.91 Å². The number of nitrogens with one attached hydrogen (secondary N) is 1. The van der Waals surface area contributed by atoms with Crippen LogP contribution in [0.1, 0.15) is 37.8 Å². The second kappa shape index (κ2) is 9.43. The third kappa shape index (κ3) is 4.59. The molecule has 0 radical (unpaired) electrons. The third-order valence-electron chi connectivity index (χ3n) is 6.03. The zero-order valence-corrected chi connectivity index (χ0v) is 18.9. The van der Waals surface area contributed by atoms with E-state index in [0.717, 1.165) is 33.7 Å². The molecule has 0 saturated heterocycles. The van der Waals surface area contributed by atoms with Gasteiger partial charge in [0.1, 0.15) is 0 Å². The first-order valence-corrected chi connectivity index (χ1v) is 11.9. The molecular formula is C28H24N2O2S. The average Bonchev–Trinajstić information content (AvgIpc) is 3.40. The second-order valence-electron chi connectivity index (χ2n) is 8.18. The fourth-order valence-corrected chi connectivity index (χ4v) is 5.06. The van der Waals surface area contributed by atoms with Gasteiger partial charge in [-0.25, -0.2) is 0 Å². The van der Waals surface area contributed by atoms with E-state index in [2.05, 4.69) is 11.4 Å². The lowest BCUT2D eigenvalue weighted by molar-refractivity contribution is -0.116. The van der Waals surface area contributed by atoms with Gasteiger partial charge in [0, 0.05) is 18.8 Å². The SMILES string of the molecule is O=C(Nc1ccc2c(c1)CN(C(=O)c1cccs1)CC2)C(c1ccccc1)c1ccccc1. The number of amides is 2. The van der Waals surface area contributed by atoms with E-state index in [1.807, 2.05) is 95.2 Å².